The van der Waals surface area contributed by atoms with E-state index in [1.165, 1.54) is 12.1 Å². The molecule has 2 heterocycles. The van der Waals surface area contributed by atoms with Gasteiger partial charge in [-0.05, 0) is 24.3 Å². The van der Waals surface area contributed by atoms with E-state index >= 15 is 0 Å². The van der Waals surface area contributed by atoms with Gasteiger partial charge in [-0.25, -0.2) is 9.37 Å². The highest BCUT2D eigenvalue weighted by atomic mass is 19.1. The molecule has 126 valence electrons. The molecule has 1 aliphatic heterocycles. The number of carbonyl (C=O) groups excluding carboxylic acids is 1. The Kier molecular flexibility index (Phi) is 3.68. The maximum atomic E-state index is 13.3. The Morgan fingerprint density at radius 3 is 3.00 bits per heavy atom. The largest absolute Gasteiger partial charge is 0.441 e. The van der Waals surface area contributed by atoms with Crippen molar-refractivity contribution in [3.8, 4) is 0 Å². The average molecular weight is 339 g/mol. The summed E-state index contributed by atoms with van der Waals surface area (Å²) in [7, 11) is 0. The standard InChI is InChI=1S/C18H14FN3O3/c1-10-20-14-6-5-13(8-16(14)24-10)21-18(23)17-9-15(22-25-17)11-3-2-4-12(19)7-11/h2-8,17H,9H2,1H3,(H,21,23)/t17-/m1/s1. The van der Waals surface area contributed by atoms with Gasteiger partial charge in [0.05, 0.1) is 5.71 Å². The number of anilines is 1. The number of oxime groups is 1. The fraction of sp³-hybridized carbons (Fsp3) is 0.167. The number of fused-ring (bicyclic) bond motifs is 1. The van der Waals surface area contributed by atoms with Crippen molar-refractivity contribution in [3.63, 3.8) is 0 Å². The molecule has 6 nitrogen and oxygen atoms in total. The van der Waals surface area contributed by atoms with Crippen molar-refractivity contribution < 1.29 is 18.4 Å². The number of aryl methyl sites for hydroxylation is 1. The SMILES string of the molecule is Cc1nc2ccc(NC(=O)[C@H]3CC(c4cccc(F)c4)=NO3)cc2o1. The highest BCUT2D eigenvalue weighted by Gasteiger charge is 2.29. The highest BCUT2D eigenvalue weighted by molar-refractivity contribution is 6.06. The molecule has 25 heavy (non-hydrogen) atoms. The number of oxazole rings is 1. The first-order chi connectivity index (χ1) is 12.1. The van der Waals surface area contributed by atoms with Gasteiger partial charge in [0.2, 0.25) is 6.10 Å². The Morgan fingerprint density at radius 1 is 1.28 bits per heavy atom. The van der Waals surface area contributed by atoms with Gasteiger partial charge in [-0.1, -0.05) is 17.3 Å². The Balaban J connectivity index is 1.45. The molecular weight excluding hydrogens is 325 g/mol. The minimum atomic E-state index is -0.759. The third kappa shape index (κ3) is 3.08. The van der Waals surface area contributed by atoms with Crippen LogP contribution in [0.15, 0.2) is 52.0 Å². The number of nitrogens with one attached hydrogen (secondary N) is 1. The third-order valence-electron chi connectivity index (χ3n) is 3.88. The second-order valence-corrected chi connectivity index (χ2v) is 5.75. The van der Waals surface area contributed by atoms with Gasteiger partial charge in [-0.2, -0.15) is 0 Å². The minimum absolute atomic E-state index is 0.277. The fourth-order valence-corrected chi connectivity index (χ4v) is 2.70. The van der Waals surface area contributed by atoms with Crippen molar-refractivity contribution in [3.05, 3.63) is 59.7 Å². The number of nitrogens with zero attached hydrogens (tertiary/aromatic N) is 2. The first kappa shape index (κ1) is 15.3. The average Bonchev–Trinajstić information content (AvgIpc) is 3.20. The van der Waals surface area contributed by atoms with Gasteiger partial charge >= 0.3 is 0 Å². The molecule has 7 heteroatoms. The molecule has 0 saturated carbocycles. The molecule has 0 spiro atoms. The van der Waals surface area contributed by atoms with Crippen molar-refractivity contribution in [1.29, 1.82) is 0 Å². The maximum Gasteiger partial charge on any atom is 0.268 e. The maximum absolute atomic E-state index is 13.3. The van der Waals surface area contributed by atoms with Gasteiger partial charge in [0.15, 0.2) is 11.5 Å². The molecule has 1 aliphatic rings. The number of hydrogen-bond acceptors (Lipinski definition) is 5. The molecule has 0 saturated heterocycles. The van der Waals surface area contributed by atoms with Crippen LogP contribution in [0.1, 0.15) is 17.9 Å². The Hall–Kier alpha value is -3.22. The number of hydrogen-bond donors (Lipinski definition) is 1. The van der Waals surface area contributed by atoms with Crippen LogP contribution in [0.25, 0.3) is 11.1 Å². The van der Waals surface area contributed by atoms with E-state index in [2.05, 4.69) is 15.5 Å². The van der Waals surface area contributed by atoms with Gasteiger partial charge < -0.3 is 14.6 Å². The molecule has 2 aromatic carbocycles. The molecule has 0 radical (unpaired) electrons. The van der Waals surface area contributed by atoms with Crippen LogP contribution < -0.4 is 5.32 Å². The predicted octanol–water partition coefficient (Wildman–Crippen LogP) is 3.41. The summed E-state index contributed by atoms with van der Waals surface area (Å²) < 4.78 is 18.8. The normalized spacial score (nSPS) is 16.6. The molecule has 0 bridgehead atoms. The molecule has 0 unspecified atom stereocenters. The van der Waals surface area contributed by atoms with Crippen molar-refractivity contribution in [2.24, 2.45) is 5.16 Å². The fourth-order valence-electron chi connectivity index (χ4n) is 2.70. The van der Waals surface area contributed by atoms with Crippen LogP contribution in [-0.2, 0) is 9.63 Å². The van der Waals surface area contributed by atoms with Crippen LogP contribution in [0.4, 0.5) is 10.1 Å². The molecule has 1 amide bonds. The number of aromatic nitrogens is 1. The minimum Gasteiger partial charge on any atom is -0.441 e. The molecule has 1 atom stereocenters. The molecule has 0 aliphatic carbocycles. The number of rotatable bonds is 3. The second kappa shape index (κ2) is 6.01. The highest BCUT2D eigenvalue weighted by Crippen LogP contribution is 2.22. The van der Waals surface area contributed by atoms with E-state index in [9.17, 15) is 9.18 Å². The predicted molar refractivity (Wildman–Crippen MR) is 89.8 cm³/mol. The number of amides is 1. The van der Waals surface area contributed by atoms with Crippen LogP contribution >= 0.6 is 0 Å². The summed E-state index contributed by atoms with van der Waals surface area (Å²) in [5.74, 6) is -0.125. The molecule has 0 fully saturated rings. The Bertz CT molecular complexity index is 996. The summed E-state index contributed by atoms with van der Waals surface area (Å²) in [5, 5.41) is 6.67. The zero-order valence-corrected chi connectivity index (χ0v) is 13.3. The van der Waals surface area contributed by atoms with E-state index in [1.807, 2.05) is 0 Å². The molecular formula is C18H14FN3O3. The number of halogens is 1. The first-order valence-corrected chi connectivity index (χ1v) is 7.75. The van der Waals surface area contributed by atoms with Crippen molar-refractivity contribution in [1.82, 2.24) is 4.98 Å². The van der Waals surface area contributed by atoms with Crippen LogP contribution in [-0.4, -0.2) is 22.7 Å². The zero-order valence-electron chi connectivity index (χ0n) is 13.3. The Labute approximate surface area is 142 Å². The molecule has 1 aromatic heterocycles. The van der Waals surface area contributed by atoms with E-state index in [4.69, 9.17) is 9.25 Å². The number of carbonyl (C=O) groups is 1. The third-order valence-corrected chi connectivity index (χ3v) is 3.88. The van der Waals surface area contributed by atoms with Gasteiger partial charge in [-0.3, -0.25) is 4.79 Å². The number of benzene rings is 2. The smallest absolute Gasteiger partial charge is 0.268 e. The summed E-state index contributed by atoms with van der Waals surface area (Å²) in [6, 6.07) is 11.3. The lowest BCUT2D eigenvalue weighted by atomic mass is 10.0. The van der Waals surface area contributed by atoms with Crippen molar-refractivity contribution in [2.45, 2.75) is 19.4 Å². The Morgan fingerprint density at radius 2 is 2.16 bits per heavy atom. The quantitative estimate of drug-likeness (QED) is 0.793. The topological polar surface area (TPSA) is 76.7 Å². The zero-order chi connectivity index (χ0) is 17.4. The lowest BCUT2D eigenvalue weighted by Crippen LogP contribution is -2.28. The van der Waals surface area contributed by atoms with Gasteiger partial charge in [0.25, 0.3) is 5.91 Å². The summed E-state index contributed by atoms with van der Waals surface area (Å²) in [6.45, 7) is 1.76. The van der Waals surface area contributed by atoms with E-state index < -0.39 is 6.10 Å². The molecule has 1 N–H and O–H groups in total. The van der Waals surface area contributed by atoms with E-state index in [-0.39, 0.29) is 18.1 Å². The van der Waals surface area contributed by atoms with Crippen LogP contribution in [0.3, 0.4) is 0 Å². The van der Waals surface area contributed by atoms with E-state index in [1.54, 1.807) is 37.3 Å². The second-order valence-electron chi connectivity index (χ2n) is 5.75. The van der Waals surface area contributed by atoms with Gasteiger partial charge in [0, 0.05) is 30.7 Å². The van der Waals surface area contributed by atoms with Crippen LogP contribution in [0, 0.1) is 12.7 Å². The van der Waals surface area contributed by atoms with Crippen molar-refractivity contribution >= 4 is 28.4 Å². The van der Waals surface area contributed by atoms with Gasteiger partial charge in [0.1, 0.15) is 11.3 Å². The lowest BCUT2D eigenvalue weighted by Gasteiger charge is -2.09. The van der Waals surface area contributed by atoms with Crippen molar-refractivity contribution in [2.75, 3.05) is 5.32 Å². The van der Waals surface area contributed by atoms with Crippen LogP contribution in [0.5, 0.6) is 0 Å². The monoisotopic (exact) mass is 339 g/mol. The van der Waals surface area contributed by atoms with E-state index in [0.717, 1.165) is 5.52 Å². The first-order valence-electron chi connectivity index (χ1n) is 7.75. The van der Waals surface area contributed by atoms with Gasteiger partial charge in [-0.15, -0.1) is 0 Å². The lowest BCUT2D eigenvalue weighted by molar-refractivity contribution is -0.125. The van der Waals surface area contributed by atoms with Crippen LogP contribution in [0.2, 0.25) is 0 Å². The molecule has 4 rings (SSSR count). The van der Waals surface area contributed by atoms with E-state index in [0.29, 0.717) is 28.4 Å². The summed E-state index contributed by atoms with van der Waals surface area (Å²) in [4.78, 5) is 21.8. The summed E-state index contributed by atoms with van der Waals surface area (Å²) >= 11 is 0. The summed E-state index contributed by atoms with van der Waals surface area (Å²) in [6.07, 6.45) is -0.482. The molecule has 3 aromatic rings. The summed E-state index contributed by atoms with van der Waals surface area (Å²) in [5.41, 5.74) is 3.05.